The molecule has 688 valence electrons. The lowest BCUT2D eigenvalue weighted by molar-refractivity contribution is 0.592. The van der Waals surface area contributed by atoms with Crippen molar-refractivity contribution in [2.24, 2.45) is 0 Å². The maximum absolute atomic E-state index is 2.34. The summed E-state index contributed by atoms with van der Waals surface area (Å²) in [6.45, 7) is 11.4. The highest BCUT2D eigenvalue weighted by atomic mass is 32.1. The van der Waals surface area contributed by atoms with Gasteiger partial charge in [-0.2, -0.15) is 0 Å². The van der Waals surface area contributed by atoms with Crippen LogP contribution in [0.15, 0.2) is 540 Å². The highest BCUT2D eigenvalue weighted by Gasteiger charge is 2.29. The predicted octanol–water partition coefficient (Wildman–Crippen LogP) is 41.9. The molecule has 0 unspecified atom stereocenters. The molecular weight excluding hydrogens is 1810 g/mol. The quantitative estimate of drug-likeness (QED) is 0.0852. The average Bonchev–Trinajstić information content (AvgIpc) is 1.59. The second kappa shape index (κ2) is 42.1. The standard InChI is InChI=1S/C38H26S.C36H30S.2C33H24S/c1-4-14-27(15-5-1)30-20-12-21-31(26-30)37-33-22-10-11-23-34(33)38(39-37)35-25-13-24-32(28-16-6-2-7-17-28)36(35)29-18-8-3-9-19-29;1-36(2,3)32-23-13-22-29(26-16-8-5-9-17-26)33(32)35-31-21-11-10-20-30(31)34(37-35)28-19-12-18-27(24-28)25-14-6-4-7-15-25;1-23-12-10-21-28(25-15-6-3-7-16-25)31(23)33-30-20-9-8-19-29(30)32(34-33)27-18-11-17-26(22-27)24-13-4-2-5-14-24;1-23-19-20-28(25-13-6-3-7-14-25)31(21-23)33-30-18-9-8-17-29(30)32(34-33)27-16-10-15-26(22-27)24-11-4-2-5-12-24/h1-26H;4-24H,1-3H3;2*2-22H,1H3. The van der Waals surface area contributed by atoms with Crippen LogP contribution in [0, 0.1) is 13.8 Å². The molecule has 0 saturated carbocycles. The van der Waals surface area contributed by atoms with Crippen LogP contribution in [0.5, 0.6) is 0 Å². The third-order valence-corrected chi connectivity index (χ3v) is 32.3. The molecule has 0 amide bonds. The minimum atomic E-state index is 0.0125. The van der Waals surface area contributed by atoms with Gasteiger partial charge in [0.2, 0.25) is 0 Å². The SMILES string of the molecule is CC(C)(C)c1cccc(-c2ccccc2)c1-c1sc(-c2cccc(-c3ccccc3)c2)c2ccccc12.Cc1ccc(-c2ccccc2)c(-c2sc(-c3cccc(-c4ccccc4)c3)c3ccccc23)c1.Cc1cccc(-c2ccccc2)c1-c1sc(-c2cccc(-c3ccccc3)c2)c2ccccc12.c1ccc(-c2cccc(-c3sc(-c4cccc(-c5ccccc5)c4-c4ccccc4)c4ccccc34)c2)cc1. The Morgan fingerprint density at radius 2 is 0.368 bits per heavy atom. The topological polar surface area (TPSA) is 0 Å². The van der Waals surface area contributed by atoms with Crippen LogP contribution in [-0.2, 0) is 5.41 Å². The molecule has 25 aromatic rings. The molecule has 21 aromatic carbocycles. The fourth-order valence-corrected chi connectivity index (χ4v) is 25.6. The van der Waals surface area contributed by atoms with Gasteiger partial charge in [0, 0.05) is 104 Å². The monoisotopic (exact) mass is 1910 g/mol. The van der Waals surface area contributed by atoms with Crippen molar-refractivity contribution in [2.45, 2.75) is 40.0 Å². The number of benzene rings is 21. The Hall–Kier alpha value is -16.5. The lowest BCUT2D eigenvalue weighted by atomic mass is 9.80. The number of thiophene rings is 4. The molecule has 144 heavy (non-hydrogen) atoms. The minimum absolute atomic E-state index is 0.0125. The van der Waals surface area contributed by atoms with Gasteiger partial charge in [-0.25, -0.2) is 0 Å². The second-order valence-electron chi connectivity index (χ2n) is 37.6. The van der Waals surface area contributed by atoms with E-state index in [1.54, 1.807) is 0 Å². The van der Waals surface area contributed by atoms with Crippen LogP contribution < -0.4 is 0 Å². The van der Waals surface area contributed by atoms with Gasteiger partial charge in [-0.1, -0.05) is 536 Å². The van der Waals surface area contributed by atoms with Gasteiger partial charge in [-0.3, -0.25) is 0 Å². The van der Waals surface area contributed by atoms with E-state index in [1.807, 2.05) is 45.3 Å². The minimum Gasteiger partial charge on any atom is -0.134 e. The molecule has 4 aromatic heterocycles. The summed E-state index contributed by atoms with van der Waals surface area (Å²) in [5, 5.41) is 10.5. The van der Waals surface area contributed by atoms with E-state index in [0.717, 1.165) is 0 Å². The van der Waals surface area contributed by atoms with Crippen LogP contribution in [0.3, 0.4) is 0 Å². The van der Waals surface area contributed by atoms with Crippen LogP contribution in [0.25, 0.3) is 227 Å². The maximum Gasteiger partial charge on any atom is 0.0437 e. The van der Waals surface area contributed by atoms with Crippen molar-refractivity contribution < 1.29 is 0 Å². The fourth-order valence-electron chi connectivity index (χ4n) is 20.2. The Morgan fingerprint density at radius 3 is 0.708 bits per heavy atom. The third-order valence-electron chi connectivity index (χ3n) is 27.1. The Bertz CT molecular complexity index is 8810. The van der Waals surface area contributed by atoms with E-state index in [-0.39, 0.29) is 5.41 Å². The van der Waals surface area contributed by atoms with Gasteiger partial charge in [0.05, 0.1) is 0 Å². The molecule has 0 fully saturated rings. The number of aryl methyl sites for hydroxylation is 2. The first-order chi connectivity index (χ1) is 70.9. The summed E-state index contributed by atoms with van der Waals surface area (Å²) in [6.07, 6.45) is 0. The molecule has 0 aliphatic heterocycles. The summed E-state index contributed by atoms with van der Waals surface area (Å²) in [4.78, 5) is 10.6. The summed E-state index contributed by atoms with van der Waals surface area (Å²) in [6, 6.07) is 195. The van der Waals surface area contributed by atoms with Crippen LogP contribution in [0.2, 0.25) is 0 Å². The van der Waals surface area contributed by atoms with Gasteiger partial charge in [-0.15, -0.1) is 45.3 Å². The van der Waals surface area contributed by atoms with Crippen molar-refractivity contribution >= 4 is 88.4 Å². The predicted molar refractivity (Wildman–Crippen MR) is 628 cm³/mol. The zero-order chi connectivity index (χ0) is 97.2. The van der Waals surface area contributed by atoms with E-state index in [4.69, 9.17) is 0 Å². The Labute approximate surface area is 861 Å². The Morgan fingerprint density at radius 1 is 0.139 bits per heavy atom. The van der Waals surface area contributed by atoms with E-state index in [9.17, 15) is 0 Å². The molecule has 0 aliphatic rings. The molecule has 0 atom stereocenters. The first kappa shape index (κ1) is 92.5. The highest BCUT2D eigenvalue weighted by molar-refractivity contribution is 7.22. The van der Waals surface area contributed by atoms with Gasteiger partial charge < -0.3 is 0 Å². The zero-order valence-electron chi connectivity index (χ0n) is 81.0. The number of hydrogen-bond donors (Lipinski definition) is 0. The zero-order valence-corrected chi connectivity index (χ0v) is 84.3. The van der Waals surface area contributed by atoms with Crippen LogP contribution in [-0.4, -0.2) is 0 Å². The van der Waals surface area contributed by atoms with Gasteiger partial charge in [0.15, 0.2) is 0 Å². The second-order valence-corrected chi connectivity index (χ2v) is 41.7. The first-order valence-electron chi connectivity index (χ1n) is 49.4. The number of hydrogen-bond acceptors (Lipinski definition) is 4. The van der Waals surface area contributed by atoms with Gasteiger partial charge in [-0.05, 0) is 183 Å². The normalized spacial score (nSPS) is 11.2. The van der Waals surface area contributed by atoms with Crippen molar-refractivity contribution in [3.05, 3.63) is 557 Å². The molecule has 4 heterocycles. The summed E-state index contributed by atoms with van der Waals surface area (Å²) in [7, 11) is 0. The van der Waals surface area contributed by atoms with E-state index in [1.165, 1.54) is 243 Å². The molecule has 4 heteroatoms. The molecule has 0 spiro atoms. The molecule has 0 N–H and O–H groups in total. The van der Waals surface area contributed by atoms with Crippen LogP contribution >= 0.6 is 45.3 Å². The molecule has 0 saturated heterocycles. The Kier molecular flexibility index (Phi) is 27.0. The summed E-state index contributed by atoms with van der Waals surface area (Å²) in [5.74, 6) is 0. The molecule has 25 rings (SSSR count). The van der Waals surface area contributed by atoms with Crippen molar-refractivity contribution in [1.29, 1.82) is 0 Å². The van der Waals surface area contributed by atoms with E-state index in [2.05, 4.69) is 575 Å². The average molecular weight is 1910 g/mol. The maximum atomic E-state index is 2.34. The number of rotatable bonds is 17. The smallest absolute Gasteiger partial charge is 0.0437 e. The molecule has 0 aliphatic carbocycles. The van der Waals surface area contributed by atoms with Crippen molar-refractivity contribution in [1.82, 2.24) is 0 Å². The highest BCUT2D eigenvalue weighted by Crippen LogP contribution is 2.55. The summed E-state index contributed by atoms with van der Waals surface area (Å²) >= 11 is 7.62. The lowest BCUT2D eigenvalue weighted by Gasteiger charge is -2.25. The van der Waals surface area contributed by atoms with Crippen molar-refractivity contribution in [3.8, 4) is 184 Å². The van der Waals surface area contributed by atoms with E-state index in [0.29, 0.717) is 0 Å². The Balaban J connectivity index is 0.000000110. The summed E-state index contributed by atoms with van der Waals surface area (Å²) in [5.41, 5.74) is 36.9. The van der Waals surface area contributed by atoms with Crippen LogP contribution in [0.4, 0.5) is 0 Å². The number of fused-ring (bicyclic) bond motifs is 4. The largest absolute Gasteiger partial charge is 0.134 e. The van der Waals surface area contributed by atoms with Gasteiger partial charge >= 0.3 is 0 Å². The van der Waals surface area contributed by atoms with Gasteiger partial charge in [0.1, 0.15) is 0 Å². The van der Waals surface area contributed by atoms with E-state index < -0.39 is 0 Å². The van der Waals surface area contributed by atoms with Crippen LogP contribution in [0.1, 0.15) is 37.5 Å². The molecule has 0 bridgehead atoms. The molecule has 0 radical (unpaired) electrons. The van der Waals surface area contributed by atoms with Crippen molar-refractivity contribution in [3.63, 3.8) is 0 Å². The fraction of sp³-hybridized carbons (Fsp3) is 0.0429. The molecular formula is C140H104S4. The van der Waals surface area contributed by atoms with Gasteiger partial charge in [0.25, 0.3) is 0 Å². The van der Waals surface area contributed by atoms with E-state index >= 15 is 0 Å². The third kappa shape index (κ3) is 19.4. The lowest BCUT2D eigenvalue weighted by Crippen LogP contribution is -2.13. The summed E-state index contributed by atoms with van der Waals surface area (Å²) < 4.78 is 0. The first-order valence-corrected chi connectivity index (χ1v) is 52.7. The van der Waals surface area contributed by atoms with Crippen molar-refractivity contribution in [2.75, 3.05) is 0 Å². The molecule has 0 nitrogen and oxygen atoms in total.